The van der Waals surface area contributed by atoms with Crippen LogP contribution in [-0.4, -0.2) is 53.6 Å². The number of carbonyl (C=O) groups is 1. The molecule has 3 atom stereocenters. The van der Waals surface area contributed by atoms with Crippen molar-refractivity contribution >= 4 is 11.7 Å². The van der Waals surface area contributed by atoms with Gasteiger partial charge in [0.25, 0.3) is 0 Å². The minimum Gasteiger partial charge on any atom is -0.497 e. The Bertz CT molecular complexity index is 1560. The summed E-state index contributed by atoms with van der Waals surface area (Å²) in [7, 11) is 3.23. The first-order valence-corrected chi connectivity index (χ1v) is 14.5. The number of nitrogens with zero attached hydrogens (tertiary/aromatic N) is 2. The number of benzene rings is 3. The molecule has 4 aromatic rings. The number of methoxy groups -OCH3 is 2. The van der Waals surface area contributed by atoms with Crippen LogP contribution in [0.4, 0.5) is 5.82 Å². The second-order valence-electron chi connectivity index (χ2n) is 10.9. The van der Waals surface area contributed by atoms with Crippen LogP contribution in [0.15, 0.2) is 95.9 Å². The average Bonchev–Trinajstić information content (AvgIpc) is 3.42. The molecule has 1 aromatic heterocycles. The lowest BCUT2D eigenvalue weighted by molar-refractivity contribution is -0.118. The van der Waals surface area contributed by atoms with E-state index >= 15 is 0 Å². The van der Waals surface area contributed by atoms with Crippen molar-refractivity contribution < 1.29 is 28.8 Å². The van der Waals surface area contributed by atoms with Gasteiger partial charge >= 0.3 is 5.69 Å². The summed E-state index contributed by atoms with van der Waals surface area (Å²) in [6.07, 6.45) is -0.744. The number of ether oxygens (including phenoxy) is 4. The van der Waals surface area contributed by atoms with E-state index in [0.29, 0.717) is 11.5 Å². The fourth-order valence-electron chi connectivity index (χ4n) is 5.29. The van der Waals surface area contributed by atoms with E-state index < -0.39 is 29.7 Å². The zero-order chi connectivity index (χ0) is 31.3. The van der Waals surface area contributed by atoms with Gasteiger partial charge in [0.15, 0.2) is 0 Å². The highest BCUT2D eigenvalue weighted by Gasteiger charge is 2.42. The molecule has 230 valence electrons. The van der Waals surface area contributed by atoms with Crippen molar-refractivity contribution in [2.75, 3.05) is 26.1 Å². The third-order valence-electron chi connectivity index (χ3n) is 7.76. The van der Waals surface area contributed by atoms with Gasteiger partial charge in [-0.15, -0.1) is 0 Å². The molecule has 1 amide bonds. The van der Waals surface area contributed by atoms with Gasteiger partial charge in [0, 0.05) is 18.5 Å². The summed E-state index contributed by atoms with van der Waals surface area (Å²) in [5.74, 6) is 1.07. The second-order valence-corrected chi connectivity index (χ2v) is 10.9. The standard InChI is InChI=1S/C34H37N3O7/c1-22(2)32(39)35-30-18-19-37(33(40)36-30)31-20-28(38)29(44-31)21-43-34(23-8-6-5-7-9-23,24-10-14-26(41-3)15-11-24)25-12-16-27(42-4)17-13-25/h5-19,22,28-29,31,38H,20-21H2,1-4H3,(H,35,36,39,40)/t28-,29+,31+/m0/s1. The van der Waals surface area contributed by atoms with Crippen LogP contribution in [-0.2, 0) is 19.9 Å². The summed E-state index contributed by atoms with van der Waals surface area (Å²) in [6, 6.07) is 26.7. The van der Waals surface area contributed by atoms with Crippen molar-refractivity contribution in [2.45, 2.75) is 44.3 Å². The Balaban J connectivity index is 1.45. The van der Waals surface area contributed by atoms with Gasteiger partial charge in [0.2, 0.25) is 5.91 Å². The van der Waals surface area contributed by atoms with Crippen molar-refractivity contribution in [3.05, 3.63) is 118 Å². The number of carbonyl (C=O) groups excluding carboxylic acids is 1. The van der Waals surface area contributed by atoms with Gasteiger partial charge in [-0.25, -0.2) is 4.79 Å². The van der Waals surface area contributed by atoms with Crippen LogP contribution in [0.3, 0.4) is 0 Å². The molecule has 1 fully saturated rings. The SMILES string of the molecule is COc1ccc(C(OC[C@H]2O[C@@H](n3ccc(NC(=O)C(C)C)nc3=O)C[C@@H]2O)(c2ccccc2)c2ccc(OC)cc2)cc1. The predicted octanol–water partition coefficient (Wildman–Crippen LogP) is 4.51. The van der Waals surface area contributed by atoms with Gasteiger partial charge in [0.05, 0.1) is 26.9 Å². The van der Waals surface area contributed by atoms with Crippen LogP contribution in [0.1, 0.15) is 43.2 Å². The molecule has 0 saturated carbocycles. The minimum absolute atomic E-state index is 0.00925. The van der Waals surface area contributed by atoms with Crippen molar-refractivity contribution in [3.8, 4) is 11.5 Å². The Labute approximate surface area is 256 Å². The summed E-state index contributed by atoms with van der Waals surface area (Å²) < 4.78 is 25.2. The fourth-order valence-corrected chi connectivity index (χ4v) is 5.29. The van der Waals surface area contributed by atoms with Crippen molar-refractivity contribution in [2.24, 2.45) is 5.92 Å². The molecule has 0 radical (unpaired) electrons. The zero-order valence-corrected chi connectivity index (χ0v) is 25.2. The Morgan fingerprint density at radius 2 is 1.52 bits per heavy atom. The largest absolute Gasteiger partial charge is 0.497 e. The molecule has 44 heavy (non-hydrogen) atoms. The molecule has 10 nitrogen and oxygen atoms in total. The molecular weight excluding hydrogens is 562 g/mol. The smallest absolute Gasteiger partial charge is 0.351 e. The topological polar surface area (TPSA) is 121 Å². The highest BCUT2D eigenvalue weighted by molar-refractivity contribution is 5.91. The molecule has 0 bridgehead atoms. The number of hydrogen-bond acceptors (Lipinski definition) is 8. The maximum absolute atomic E-state index is 12.9. The quantitative estimate of drug-likeness (QED) is 0.242. The van der Waals surface area contributed by atoms with E-state index in [2.05, 4.69) is 10.3 Å². The van der Waals surface area contributed by atoms with Gasteiger partial charge in [-0.3, -0.25) is 9.36 Å². The average molecular weight is 600 g/mol. The Morgan fingerprint density at radius 1 is 0.955 bits per heavy atom. The lowest BCUT2D eigenvalue weighted by atomic mass is 9.80. The van der Waals surface area contributed by atoms with Gasteiger partial charge < -0.3 is 29.4 Å². The number of aromatic nitrogens is 2. The number of aliphatic hydroxyl groups excluding tert-OH is 1. The van der Waals surface area contributed by atoms with E-state index in [-0.39, 0.29) is 30.7 Å². The number of aliphatic hydroxyl groups is 1. The van der Waals surface area contributed by atoms with Gasteiger partial charge in [-0.1, -0.05) is 68.4 Å². The zero-order valence-electron chi connectivity index (χ0n) is 25.2. The van der Waals surface area contributed by atoms with Crippen molar-refractivity contribution in [1.82, 2.24) is 9.55 Å². The summed E-state index contributed by atoms with van der Waals surface area (Å²) in [5.41, 5.74) is 0.880. The van der Waals surface area contributed by atoms with E-state index in [1.165, 1.54) is 16.8 Å². The normalized spacial score (nSPS) is 18.3. The van der Waals surface area contributed by atoms with E-state index in [9.17, 15) is 14.7 Å². The van der Waals surface area contributed by atoms with Gasteiger partial charge in [-0.2, -0.15) is 4.98 Å². The van der Waals surface area contributed by atoms with E-state index in [1.54, 1.807) is 28.1 Å². The second kappa shape index (κ2) is 13.4. The maximum atomic E-state index is 12.9. The third-order valence-corrected chi connectivity index (χ3v) is 7.76. The lowest BCUT2D eigenvalue weighted by Crippen LogP contribution is -2.38. The van der Waals surface area contributed by atoms with E-state index in [4.69, 9.17) is 18.9 Å². The minimum atomic E-state index is -1.09. The third kappa shape index (κ3) is 6.37. The van der Waals surface area contributed by atoms with Crippen LogP contribution in [0.25, 0.3) is 0 Å². The highest BCUT2D eigenvalue weighted by Crippen LogP contribution is 2.42. The summed E-state index contributed by atoms with van der Waals surface area (Å²) >= 11 is 0. The van der Waals surface area contributed by atoms with Gasteiger partial charge in [-0.05, 0) is 47.0 Å². The number of anilines is 1. The first-order valence-electron chi connectivity index (χ1n) is 14.5. The van der Waals surface area contributed by atoms with Gasteiger partial charge in [0.1, 0.15) is 35.2 Å². The predicted molar refractivity (Wildman–Crippen MR) is 165 cm³/mol. The summed E-state index contributed by atoms with van der Waals surface area (Å²) in [4.78, 5) is 28.9. The van der Waals surface area contributed by atoms with Crippen LogP contribution >= 0.6 is 0 Å². The molecule has 3 aromatic carbocycles. The Kier molecular flexibility index (Phi) is 9.43. The lowest BCUT2D eigenvalue weighted by Gasteiger charge is -2.37. The van der Waals surface area contributed by atoms with E-state index in [0.717, 1.165) is 16.7 Å². The highest BCUT2D eigenvalue weighted by atomic mass is 16.6. The number of rotatable bonds is 11. The van der Waals surface area contributed by atoms with Crippen molar-refractivity contribution in [3.63, 3.8) is 0 Å². The van der Waals surface area contributed by atoms with Crippen LogP contribution < -0.4 is 20.5 Å². The van der Waals surface area contributed by atoms with Crippen LogP contribution in [0, 0.1) is 5.92 Å². The number of nitrogens with one attached hydrogen (secondary N) is 1. The molecule has 1 aliphatic heterocycles. The molecular formula is C34H37N3O7. The number of amides is 1. The number of hydrogen-bond donors (Lipinski definition) is 2. The molecule has 0 spiro atoms. The molecule has 1 aliphatic rings. The van der Waals surface area contributed by atoms with E-state index in [1.807, 2.05) is 78.9 Å². The molecule has 1 saturated heterocycles. The van der Waals surface area contributed by atoms with Crippen molar-refractivity contribution in [1.29, 1.82) is 0 Å². The Morgan fingerprint density at radius 3 is 2.05 bits per heavy atom. The molecule has 5 rings (SSSR count). The first-order chi connectivity index (χ1) is 21.2. The maximum Gasteiger partial charge on any atom is 0.351 e. The molecule has 2 N–H and O–H groups in total. The molecule has 0 aliphatic carbocycles. The molecule has 10 heteroatoms. The molecule has 0 unspecified atom stereocenters. The summed E-state index contributed by atoms with van der Waals surface area (Å²) in [6.45, 7) is 3.51. The van der Waals surface area contributed by atoms with Crippen LogP contribution in [0.5, 0.6) is 11.5 Å². The molecule has 2 heterocycles. The fraction of sp³-hybridized carbons (Fsp3) is 0.324. The van der Waals surface area contributed by atoms with Crippen LogP contribution in [0.2, 0.25) is 0 Å². The monoisotopic (exact) mass is 599 g/mol. The Hall–Kier alpha value is -4.51. The first kappa shape index (κ1) is 30.9. The summed E-state index contributed by atoms with van der Waals surface area (Å²) in [5, 5.41) is 13.7.